The maximum absolute atomic E-state index is 13.3. The largest absolute Gasteiger partial charge is 0.340 e. The molecule has 1 unspecified atom stereocenters. The van der Waals surface area contributed by atoms with Gasteiger partial charge in [-0.05, 0) is 45.1 Å². The molecule has 1 saturated carbocycles. The first-order valence-corrected chi connectivity index (χ1v) is 11.2. The van der Waals surface area contributed by atoms with Gasteiger partial charge in [-0.2, -0.15) is 0 Å². The Morgan fingerprint density at radius 1 is 1.04 bits per heavy atom. The molecule has 0 radical (unpaired) electrons. The molecule has 4 fully saturated rings. The third kappa shape index (κ3) is 3.53. The molecule has 1 atom stereocenters. The Kier molecular flexibility index (Phi) is 5.63. The third-order valence-corrected chi connectivity index (χ3v) is 7.38. The summed E-state index contributed by atoms with van der Waals surface area (Å²) in [6, 6.07) is -0.440. The van der Waals surface area contributed by atoms with Crippen LogP contribution in [-0.4, -0.2) is 76.8 Å². The van der Waals surface area contributed by atoms with E-state index in [0.717, 1.165) is 64.7 Å². The van der Waals surface area contributed by atoms with Gasteiger partial charge in [-0.1, -0.05) is 26.2 Å². The van der Waals surface area contributed by atoms with Crippen molar-refractivity contribution in [3.05, 3.63) is 0 Å². The van der Waals surface area contributed by atoms with Gasteiger partial charge in [-0.3, -0.25) is 14.5 Å². The van der Waals surface area contributed by atoms with Gasteiger partial charge < -0.3 is 15.1 Å². The topological polar surface area (TPSA) is 73.0 Å². The first-order chi connectivity index (χ1) is 13.5. The Hall–Kier alpha value is -1.63. The van der Waals surface area contributed by atoms with Gasteiger partial charge in [-0.15, -0.1) is 0 Å². The smallest absolute Gasteiger partial charge is 0.325 e. The number of carbonyl (C=O) groups excluding carboxylic acids is 3. The number of imide groups is 1. The lowest BCUT2D eigenvalue weighted by Gasteiger charge is -2.39. The van der Waals surface area contributed by atoms with E-state index in [1.165, 1.54) is 11.3 Å². The number of amides is 4. The summed E-state index contributed by atoms with van der Waals surface area (Å²) in [5.41, 5.74) is -0.724. The van der Waals surface area contributed by atoms with Crippen molar-refractivity contribution >= 4 is 17.8 Å². The molecule has 7 heteroatoms. The molecule has 0 aromatic carbocycles. The van der Waals surface area contributed by atoms with E-state index in [4.69, 9.17) is 0 Å². The van der Waals surface area contributed by atoms with E-state index in [2.05, 4.69) is 17.1 Å². The predicted molar refractivity (Wildman–Crippen MR) is 106 cm³/mol. The van der Waals surface area contributed by atoms with Gasteiger partial charge in [0.05, 0.1) is 6.04 Å². The molecule has 1 aliphatic carbocycles. The van der Waals surface area contributed by atoms with Crippen LogP contribution in [0.4, 0.5) is 4.79 Å². The van der Waals surface area contributed by atoms with Crippen LogP contribution in [0.1, 0.15) is 64.7 Å². The number of hydrogen-bond acceptors (Lipinski definition) is 4. The summed E-state index contributed by atoms with van der Waals surface area (Å²) in [6.45, 7) is 6.04. The summed E-state index contributed by atoms with van der Waals surface area (Å²) in [5.74, 6) is 0.313. The van der Waals surface area contributed by atoms with Gasteiger partial charge in [0.2, 0.25) is 5.91 Å². The van der Waals surface area contributed by atoms with Gasteiger partial charge in [0.15, 0.2) is 0 Å². The molecular formula is C21H34N4O3. The van der Waals surface area contributed by atoms with E-state index in [1.54, 1.807) is 0 Å². The zero-order valence-corrected chi connectivity index (χ0v) is 17.1. The fourth-order valence-corrected chi connectivity index (χ4v) is 5.54. The fourth-order valence-electron chi connectivity index (χ4n) is 5.54. The summed E-state index contributed by atoms with van der Waals surface area (Å²) in [4.78, 5) is 44.7. The molecule has 3 aliphatic heterocycles. The Bertz CT molecular complexity index is 623. The van der Waals surface area contributed by atoms with Crippen molar-refractivity contribution in [2.45, 2.75) is 76.3 Å². The van der Waals surface area contributed by atoms with Crippen molar-refractivity contribution in [3.63, 3.8) is 0 Å². The standard InChI is InChI=1S/C21H34N4O3/c1-2-23-13-10-21(11-14-23)19(27)25(20(28)22-21)17-9-6-12-24(15-17)18(26)16-7-4-3-5-8-16/h16-17H,2-15H2,1H3,(H,22,28). The molecule has 3 saturated heterocycles. The van der Waals surface area contributed by atoms with E-state index >= 15 is 0 Å². The number of urea groups is 1. The first-order valence-electron chi connectivity index (χ1n) is 11.2. The molecule has 1 N–H and O–H groups in total. The highest BCUT2D eigenvalue weighted by Crippen LogP contribution is 2.33. The maximum Gasteiger partial charge on any atom is 0.325 e. The number of hydrogen-bond donors (Lipinski definition) is 1. The lowest BCUT2D eigenvalue weighted by molar-refractivity contribution is -0.142. The van der Waals surface area contributed by atoms with Crippen LogP contribution < -0.4 is 5.32 Å². The minimum Gasteiger partial charge on any atom is -0.340 e. The summed E-state index contributed by atoms with van der Waals surface area (Å²) < 4.78 is 0. The van der Waals surface area contributed by atoms with Crippen molar-refractivity contribution in [1.82, 2.24) is 20.0 Å². The molecule has 156 valence electrons. The van der Waals surface area contributed by atoms with Crippen LogP contribution in [0, 0.1) is 5.92 Å². The first kappa shape index (κ1) is 19.7. The third-order valence-electron chi connectivity index (χ3n) is 7.38. The van der Waals surface area contributed by atoms with Crippen molar-refractivity contribution in [2.75, 3.05) is 32.7 Å². The maximum atomic E-state index is 13.3. The van der Waals surface area contributed by atoms with Crippen LogP contribution in [0.5, 0.6) is 0 Å². The molecule has 1 spiro atoms. The second kappa shape index (κ2) is 8.01. The second-order valence-electron chi connectivity index (χ2n) is 9.04. The normalized spacial score (nSPS) is 29.4. The predicted octanol–water partition coefficient (Wildman–Crippen LogP) is 1.96. The minimum atomic E-state index is -0.724. The number of piperidine rings is 2. The zero-order chi connectivity index (χ0) is 19.7. The summed E-state index contributed by atoms with van der Waals surface area (Å²) in [5, 5.41) is 3.03. The van der Waals surface area contributed by atoms with E-state index in [1.807, 2.05) is 4.90 Å². The van der Waals surface area contributed by atoms with Crippen LogP contribution in [0.25, 0.3) is 0 Å². The van der Waals surface area contributed by atoms with E-state index in [9.17, 15) is 14.4 Å². The van der Waals surface area contributed by atoms with Crippen LogP contribution in [0.2, 0.25) is 0 Å². The highest BCUT2D eigenvalue weighted by atomic mass is 16.2. The Labute approximate surface area is 167 Å². The monoisotopic (exact) mass is 390 g/mol. The highest BCUT2D eigenvalue weighted by Gasteiger charge is 2.54. The number of nitrogens with zero attached hydrogens (tertiary/aromatic N) is 3. The SMILES string of the molecule is CCN1CCC2(CC1)NC(=O)N(C1CCCN(C(=O)C3CCCCC3)C1)C2=O. The molecule has 4 aliphatic rings. The average Bonchev–Trinajstić information content (AvgIpc) is 2.98. The summed E-state index contributed by atoms with van der Waals surface area (Å²) in [7, 11) is 0. The molecule has 3 heterocycles. The van der Waals surface area contributed by atoms with E-state index in [0.29, 0.717) is 19.4 Å². The molecule has 28 heavy (non-hydrogen) atoms. The number of likely N-dealkylation sites (tertiary alicyclic amines) is 2. The van der Waals surface area contributed by atoms with Crippen LogP contribution >= 0.6 is 0 Å². The summed E-state index contributed by atoms with van der Waals surface area (Å²) in [6.07, 6.45) is 8.49. The van der Waals surface area contributed by atoms with Crippen molar-refractivity contribution in [3.8, 4) is 0 Å². The lowest BCUT2D eigenvalue weighted by Crippen LogP contribution is -2.56. The van der Waals surface area contributed by atoms with Crippen LogP contribution in [-0.2, 0) is 9.59 Å². The van der Waals surface area contributed by atoms with Gasteiger partial charge in [0.1, 0.15) is 5.54 Å². The molecule has 0 aromatic heterocycles. The molecule has 0 bridgehead atoms. The Morgan fingerprint density at radius 3 is 2.43 bits per heavy atom. The van der Waals surface area contributed by atoms with Crippen molar-refractivity contribution < 1.29 is 14.4 Å². The highest BCUT2D eigenvalue weighted by molar-refractivity contribution is 6.07. The average molecular weight is 391 g/mol. The fraction of sp³-hybridized carbons (Fsp3) is 0.857. The van der Waals surface area contributed by atoms with Gasteiger partial charge in [0, 0.05) is 32.1 Å². The second-order valence-corrected chi connectivity index (χ2v) is 9.04. The van der Waals surface area contributed by atoms with Crippen molar-refractivity contribution in [2.24, 2.45) is 5.92 Å². The van der Waals surface area contributed by atoms with Gasteiger partial charge in [0.25, 0.3) is 5.91 Å². The Balaban J connectivity index is 1.42. The van der Waals surface area contributed by atoms with Crippen LogP contribution in [0.15, 0.2) is 0 Å². The van der Waals surface area contributed by atoms with E-state index < -0.39 is 5.54 Å². The Morgan fingerprint density at radius 2 is 1.75 bits per heavy atom. The van der Waals surface area contributed by atoms with E-state index in [-0.39, 0.29) is 29.8 Å². The lowest BCUT2D eigenvalue weighted by atomic mass is 9.86. The number of carbonyl (C=O) groups is 3. The molecular weight excluding hydrogens is 356 g/mol. The van der Waals surface area contributed by atoms with Gasteiger partial charge >= 0.3 is 6.03 Å². The molecule has 7 nitrogen and oxygen atoms in total. The molecule has 4 rings (SSSR count). The zero-order valence-electron chi connectivity index (χ0n) is 17.1. The summed E-state index contributed by atoms with van der Waals surface area (Å²) >= 11 is 0. The van der Waals surface area contributed by atoms with Crippen LogP contribution in [0.3, 0.4) is 0 Å². The minimum absolute atomic E-state index is 0.0646. The number of nitrogens with one attached hydrogen (secondary N) is 1. The number of rotatable bonds is 3. The molecule has 0 aromatic rings. The quantitative estimate of drug-likeness (QED) is 0.748. The molecule has 4 amide bonds. The van der Waals surface area contributed by atoms with Gasteiger partial charge in [-0.25, -0.2) is 4.79 Å². The van der Waals surface area contributed by atoms with Crippen molar-refractivity contribution in [1.29, 1.82) is 0 Å².